The minimum atomic E-state index is -3.96. The summed E-state index contributed by atoms with van der Waals surface area (Å²) in [5.41, 5.74) is 0. The second-order valence-electron chi connectivity index (χ2n) is 3.72. The number of phosphoric ester groups is 1. The summed E-state index contributed by atoms with van der Waals surface area (Å²) in [5.74, 6) is 0. The zero-order valence-corrected chi connectivity index (χ0v) is 9.55. The molecule has 3 unspecified atom stereocenters. The smallest absolute Gasteiger partial charge is 0.373 e. The molecule has 2 saturated heterocycles. The molecule has 0 radical (unpaired) electrons. The number of hydrogen-bond donors (Lipinski definition) is 1. The first-order valence-electron chi connectivity index (χ1n) is 4.87. The highest BCUT2D eigenvalue weighted by Gasteiger charge is 2.49. The van der Waals surface area contributed by atoms with Crippen LogP contribution < -0.4 is 0 Å². The van der Waals surface area contributed by atoms with E-state index < -0.39 is 13.9 Å². The molecule has 0 amide bonds. The van der Waals surface area contributed by atoms with Crippen molar-refractivity contribution in [2.75, 3.05) is 13.7 Å². The standard InChI is InChI=1S/C8H15O6P/c1-5-7-8(14-15(9,10)11-2)6(13-5)3-4-12-7/h5-8H,3-4H2,1-2H3,(H,9,10)/t5?,6-,7?,8-/m0/s1. The lowest BCUT2D eigenvalue weighted by Crippen LogP contribution is -2.41. The summed E-state index contributed by atoms with van der Waals surface area (Å²) in [6.45, 7) is 2.46. The molecule has 2 bridgehead atoms. The summed E-state index contributed by atoms with van der Waals surface area (Å²) in [5, 5.41) is 0. The molecule has 1 N–H and O–H groups in total. The van der Waals surface area contributed by atoms with Gasteiger partial charge in [-0.3, -0.25) is 9.05 Å². The third kappa shape index (κ3) is 2.25. The summed E-state index contributed by atoms with van der Waals surface area (Å²) >= 11 is 0. The molecule has 0 aliphatic carbocycles. The van der Waals surface area contributed by atoms with Gasteiger partial charge in [0.1, 0.15) is 12.2 Å². The first-order valence-corrected chi connectivity index (χ1v) is 6.37. The van der Waals surface area contributed by atoms with Crippen LogP contribution in [0, 0.1) is 0 Å². The second-order valence-corrected chi connectivity index (χ2v) is 5.24. The summed E-state index contributed by atoms with van der Waals surface area (Å²) in [4.78, 5) is 9.23. The highest BCUT2D eigenvalue weighted by molar-refractivity contribution is 7.47. The fourth-order valence-electron chi connectivity index (χ4n) is 2.02. The topological polar surface area (TPSA) is 74.2 Å². The van der Waals surface area contributed by atoms with E-state index in [9.17, 15) is 9.46 Å². The van der Waals surface area contributed by atoms with Crippen molar-refractivity contribution in [1.29, 1.82) is 0 Å². The van der Waals surface area contributed by atoms with Crippen molar-refractivity contribution in [3.63, 3.8) is 0 Å². The van der Waals surface area contributed by atoms with Crippen molar-refractivity contribution in [2.45, 2.75) is 37.8 Å². The lowest BCUT2D eigenvalue weighted by molar-refractivity contribution is -0.0610. The first-order chi connectivity index (χ1) is 7.03. The maximum Gasteiger partial charge on any atom is 0.472 e. The summed E-state index contributed by atoms with van der Waals surface area (Å²) < 4.78 is 31.7. The van der Waals surface area contributed by atoms with E-state index >= 15 is 0 Å². The molecule has 0 aromatic rings. The van der Waals surface area contributed by atoms with Crippen molar-refractivity contribution in [3.05, 3.63) is 0 Å². The number of fused-ring (bicyclic) bond motifs is 2. The van der Waals surface area contributed by atoms with Crippen molar-refractivity contribution in [2.24, 2.45) is 0 Å². The normalized spacial score (nSPS) is 43.9. The van der Waals surface area contributed by atoms with E-state index in [1.807, 2.05) is 6.92 Å². The third-order valence-electron chi connectivity index (χ3n) is 2.74. The van der Waals surface area contributed by atoms with E-state index in [1.54, 1.807) is 0 Å². The molecule has 2 heterocycles. The Morgan fingerprint density at radius 1 is 1.53 bits per heavy atom. The molecule has 0 spiro atoms. The zero-order chi connectivity index (χ0) is 11.1. The Morgan fingerprint density at radius 2 is 2.27 bits per heavy atom. The molecule has 0 aromatic carbocycles. The van der Waals surface area contributed by atoms with Gasteiger partial charge in [-0.15, -0.1) is 0 Å². The van der Waals surface area contributed by atoms with Crippen LogP contribution in [0.15, 0.2) is 0 Å². The highest BCUT2D eigenvalue weighted by Crippen LogP contribution is 2.48. The highest BCUT2D eigenvalue weighted by atomic mass is 31.2. The average molecular weight is 238 g/mol. The molecule has 2 rings (SSSR count). The maximum atomic E-state index is 11.3. The number of ether oxygens (including phenoxy) is 2. The van der Waals surface area contributed by atoms with E-state index in [1.165, 1.54) is 0 Å². The van der Waals surface area contributed by atoms with Gasteiger partial charge < -0.3 is 14.4 Å². The van der Waals surface area contributed by atoms with Gasteiger partial charge in [-0.25, -0.2) is 4.57 Å². The fraction of sp³-hybridized carbons (Fsp3) is 1.00. The quantitative estimate of drug-likeness (QED) is 0.729. The monoisotopic (exact) mass is 238 g/mol. The molecule has 0 saturated carbocycles. The van der Waals surface area contributed by atoms with Crippen molar-refractivity contribution in [1.82, 2.24) is 0 Å². The SMILES string of the molecule is COP(=O)(O)O[C@@H]1C2OCC[C@@H]1OC2C. The van der Waals surface area contributed by atoms with Crippen LogP contribution in [0.1, 0.15) is 13.3 Å². The Kier molecular flexibility index (Phi) is 3.17. The molecule has 6 nitrogen and oxygen atoms in total. The third-order valence-corrected chi connectivity index (χ3v) is 3.71. The van der Waals surface area contributed by atoms with Gasteiger partial charge in [-0.05, 0) is 13.3 Å². The van der Waals surface area contributed by atoms with E-state index in [4.69, 9.17) is 14.0 Å². The van der Waals surface area contributed by atoms with E-state index in [-0.39, 0.29) is 18.3 Å². The minimum Gasteiger partial charge on any atom is -0.373 e. The van der Waals surface area contributed by atoms with Gasteiger partial charge >= 0.3 is 7.82 Å². The summed E-state index contributed by atoms with van der Waals surface area (Å²) in [6.07, 6.45) is -0.396. The molecule has 2 aliphatic heterocycles. The zero-order valence-electron chi connectivity index (χ0n) is 8.66. The molecular weight excluding hydrogens is 223 g/mol. The van der Waals surface area contributed by atoms with Gasteiger partial charge in [0.15, 0.2) is 0 Å². The Bertz CT molecular complexity index is 282. The lowest BCUT2D eigenvalue weighted by atomic mass is 10.0. The first kappa shape index (κ1) is 11.5. The van der Waals surface area contributed by atoms with Gasteiger partial charge in [0.2, 0.25) is 0 Å². The Labute approximate surface area is 88.1 Å². The summed E-state index contributed by atoms with van der Waals surface area (Å²) in [7, 11) is -2.83. The van der Waals surface area contributed by atoms with Crippen LogP contribution in [0.5, 0.6) is 0 Å². The second kappa shape index (κ2) is 4.13. The maximum absolute atomic E-state index is 11.3. The summed E-state index contributed by atoms with van der Waals surface area (Å²) in [6, 6.07) is 0. The molecule has 88 valence electrons. The van der Waals surface area contributed by atoms with E-state index in [0.29, 0.717) is 13.0 Å². The lowest BCUT2D eigenvalue weighted by Gasteiger charge is -2.29. The molecule has 7 heteroatoms. The average Bonchev–Trinajstić information content (AvgIpc) is 2.38. The number of hydrogen-bond acceptors (Lipinski definition) is 5. The molecule has 2 fully saturated rings. The van der Waals surface area contributed by atoms with Crippen LogP contribution in [0.4, 0.5) is 0 Å². The van der Waals surface area contributed by atoms with Crippen LogP contribution in [-0.4, -0.2) is 43.0 Å². The van der Waals surface area contributed by atoms with Crippen LogP contribution in [-0.2, 0) is 23.1 Å². The Hall–Kier alpha value is 0.0300. The predicted molar refractivity (Wildman–Crippen MR) is 50.4 cm³/mol. The van der Waals surface area contributed by atoms with Crippen LogP contribution in [0.2, 0.25) is 0 Å². The number of phosphoric acid groups is 1. The van der Waals surface area contributed by atoms with Gasteiger partial charge in [-0.2, -0.15) is 0 Å². The number of rotatable bonds is 3. The van der Waals surface area contributed by atoms with E-state index in [2.05, 4.69) is 4.52 Å². The van der Waals surface area contributed by atoms with Crippen LogP contribution in [0.25, 0.3) is 0 Å². The van der Waals surface area contributed by atoms with Crippen molar-refractivity contribution >= 4 is 7.82 Å². The van der Waals surface area contributed by atoms with Gasteiger partial charge in [0.05, 0.1) is 12.2 Å². The van der Waals surface area contributed by atoms with Crippen LogP contribution >= 0.6 is 7.82 Å². The largest absolute Gasteiger partial charge is 0.472 e. The van der Waals surface area contributed by atoms with Gasteiger partial charge in [0, 0.05) is 13.7 Å². The Morgan fingerprint density at radius 3 is 2.87 bits per heavy atom. The molecule has 0 aromatic heterocycles. The predicted octanol–water partition coefficient (Wildman–Crippen LogP) is 0.695. The van der Waals surface area contributed by atoms with Gasteiger partial charge in [-0.1, -0.05) is 0 Å². The molecule has 15 heavy (non-hydrogen) atoms. The molecule has 2 aliphatic rings. The van der Waals surface area contributed by atoms with Crippen LogP contribution in [0.3, 0.4) is 0 Å². The van der Waals surface area contributed by atoms with E-state index in [0.717, 1.165) is 7.11 Å². The molecule has 5 atom stereocenters. The molecular formula is C8H15O6P. The van der Waals surface area contributed by atoms with Crippen molar-refractivity contribution < 1.29 is 28.0 Å². The van der Waals surface area contributed by atoms with Gasteiger partial charge in [0.25, 0.3) is 0 Å². The minimum absolute atomic E-state index is 0.112. The Balaban J connectivity index is 2.07. The fourth-order valence-corrected chi connectivity index (χ4v) is 2.67. The van der Waals surface area contributed by atoms with Crippen molar-refractivity contribution in [3.8, 4) is 0 Å².